The number of carbonyl (C=O) groups is 1. The van der Waals surface area contributed by atoms with Crippen LogP contribution < -0.4 is 20.1 Å². The Kier molecular flexibility index (Phi) is 6.95. The van der Waals surface area contributed by atoms with Crippen LogP contribution in [0.3, 0.4) is 0 Å². The number of ether oxygens (including phenoxy) is 2. The van der Waals surface area contributed by atoms with Gasteiger partial charge in [-0.2, -0.15) is 0 Å². The lowest BCUT2D eigenvalue weighted by Gasteiger charge is -2.10. The van der Waals surface area contributed by atoms with E-state index in [1.807, 2.05) is 55.5 Å². The zero-order chi connectivity index (χ0) is 17.2. The number of aryl methyl sites for hydroxylation is 1. The monoisotopic (exact) mass is 328 g/mol. The highest BCUT2D eigenvalue weighted by atomic mass is 16.5. The second kappa shape index (κ2) is 9.45. The minimum Gasteiger partial charge on any atom is -0.497 e. The van der Waals surface area contributed by atoms with Gasteiger partial charge in [-0.25, -0.2) is 4.79 Å². The van der Waals surface area contributed by atoms with Crippen LogP contribution in [0.25, 0.3) is 0 Å². The van der Waals surface area contributed by atoms with E-state index in [0.29, 0.717) is 19.7 Å². The van der Waals surface area contributed by atoms with Crippen molar-refractivity contribution in [1.82, 2.24) is 10.6 Å². The molecule has 0 heterocycles. The van der Waals surface area contributed by atoms with E-state index in [1.165, 1.54) is 0 Å². The van der Waals surface area contributed by atoms with Crippen molar-refractivity contribution in [3.63, 3.8) is 0 Å². The van der Waals surface area contributed by atoms with E-state index in [2.05, 4.69) is 10.6 Å². The molecule has 2 rings (SSSR count). The highest BCUT2D eigenvalue weighted by Crippen LogP contribution is 2.15. The van der Waals surface area contributed by atoms with E-state index < -0.39 is 0 Å². The molecule has 0 aliphatic rings. The second-order valence-electron chi connectivity index (χ2n) is 5.39. The van der Waals surface area contributed by atoms with Crippen molar-refractivity contribution >= 4 is 6.03 Å². The third-order valence-electron chi connectivity index (χ3n) is 3.60. The molecule has 0 saturated carbocycles. The fourth-order valence-electron chi connectivity index (χ4n) is 2.22. The van der Waals surface area contributed by atoms with Crippen LogP contribution in [0.15, 0.2) is 48.5 Å². The number of urea groups is 1. The molecule has 2 amide bonds. The zero-order valence-corrected chi connectivity index (χ0v) is 14.2. The molecule has 5 nitrogen and oxygen atoms in total. The van der Waals surface area contributed by atoms with Gasteiger partial charge in [-0.1, -0.05) is 30.3 Å². The minimum absolute atomic E-state index is 0.183. The molecule has 0 aliphatic heterocycles. The van der Waals surface area contributed by atoms with Crippen LogP contribution in [0.2, 0.25) is 0 Å². The molecule has 0 spiro atoms. The van der Waals surface area contributed by atoms with Crippen LogP contribution in [-0.2, 0) is 6.42 Å². The highest BCUT2D eigenvalue weighted by Gasteiger charge is 2.01. The molecule has 0 atom stereocenters. The molecule has 0 aromatic heterocycles. The summed E-state index contributed by atoms with van der Waals surface area (Å²) in [6.45, 7) is 3.48. The molecule has 2 aromatic carbocycles. The molecule has 5 heteroatoms. The summed E-state index contributed by atoms with van der Waals surface area (Å²) in [6.07, 6.45) is 0.775. The number of amides is 2. The SMILES string of the molecule is COc1ccc(CCNC(=O)NCCOc2ccccc2C)cc1. The van der Waals surface area contributed by atoms with Gasteiger partial charge in [0.25, 0.3) is 0 Å². The Labute approximate surface area is 143 Å². The molecule has 2 aromatic rings. The first-order valence-electron chi connectivity index (χ1n) is 8.02. The summed E-state index contributed by atoms with van der Waals surface area (Å²) in [7, 11) is 1.64. The van der Waals surface area contributed by atoms with Gasteiger partial charge in [-0.3, -0.25) is 0 Å². The van der Waals surface area contributed by atoms with Gasteiger partial charge in [-0.15, -0.1) is 0 Å². The van der Waals surface area contributed by atoms with Crippen molar-refractivity contribution in [3.8, 4) is 11.5 Å². The minimum atomic E-state index is -0.183. The maximum absolute atomic E-state index is 11.7. The van der Waals surface area contributed by atoms with Crippen molar-refractivity contribution in [2.75, 3.05) is 26.8 Å². The van der Waals surface area contributed by atoms with Crippen LogP contribution in [0.4, 0.5) is 4.79 Å². The topological polar surface area (TPSA) is 59.6 Å². The predicted octanol–water partition coefficient (Wildman–Crippen LogP) is 2.92. The maximum atomic E-state index is 11.7. The molecule has 24 heavy (non-hydrogen) atoms. The molecular formula is C19H24N2O3. The summed E-state index contributed by atoms with van der Waals surface area (Å²) >= 11 is 0. The third kappa shape index (κ3) is 5.83. The van der Waals surface area contributed by atoms with E-state index in [1.54, 1.807) is 7.11 Å². The Morgan fingerprint density at radius 3 is 2.42 bits per heavy atom. The van der Waals surface area contributed by atoms with Gasteiger partial charge in [0.1, 0.15) is 18.1 Å². The largest absolute Gasteiger partial charge is 0.497 e. The Hall–Kier alpha value is -2.69. The summed E-state index contributed by atoms with van der Waals surface area (Å²) < 4.78 is 10.7. The Morgan fingerprint density at radius 2 is 1.71 bits per heavy atom. The smallest absolute Gasteiger partial charge is 0.314 e. The summed E-state index contributed by atoms with van der Waals surface area (Å²) in [6, 6.07) is 15.5. The van der Waals surface area contributed by atoms with Crippen molar-refractivity contribution in [3.05, 3.63) is 59.7 Å². The molecule has 0 bridgehead atoms. The first kappa shape index (κ1) is 17.7. The molecule has 0 aliphatic carbocycles. The fraction of sp³-hybridized carbons (Fsp3) is 0.316. The lowest BCUT2D eigenvalue weighted by Crippen LogP contribution is -2.38. The average molecular weight is 328 g/mol. The van der Waals surface area contributed by atoms with Crippen molar-refractivity contribution in [2.24, 2.45) is 0 Å². The Morgan fingerprint density at radius 1 is 1.00 bits per heavy atom. The number of methoxy groups -OCH3 is 1. The molecule has 128 valence electrons. The molecule has 0 saturated heterocycles. The number of carbonyl (C=O) groups excluding carboxylic acids is 1. The van der Waals surface area contributed by atoms with Gasteiger partial charge in [-0.05, 0) is 42.7 Å². The number of para-hydroxylation sites is 1. The summed E-state index contributed by atoms with van der Waals surface area (Å²) in [5, 5.41) is 5.61. The second-order valence-corrected chi connectivity index (χ2v) is 5.39. The van der Waals surface area contributed by atoms with Gasteiger partial charge in [0.15, 0.2) is 0 Å². The fourth-order valence-corrected chi connectivity index (χ4v) is 2.22. The Bertz CT molecular complexity index is 641. The number of hydrogen-bond acceptors (Lipinski definition) is 3. The highest BCUT2D eigenvalue weighted by molar-refractivity contribution is 5.73. The van der Waals surface area contributed by atoms with E-state index >= 15 is 0 Å². The van der Waals surface area contributed by atoms with Crippen LogP contribution in [-0.4, -0.2) is 32.8 Å². The quantitative estimate of drug-likeness (QED) is 0.733. The average Bonchev–Trinajstić information content (AvgIpc) is 2.61. The summed E-state index contributed by atoms with van der Waals surface area (Å²) in [4.78, 5) is 11.7. The van der Waals surface area contributed by atoms with E-state index in [-0.39, 0.29) is 6.03 Å². The van der Waals surface area contributed by atoms with Crippen molar-refractivity contribution < 1.29 is 14.3 Å². The predicted molar refractivity (Wildman–Crippen MR) is 94.8 cm³/mol. The van der Waals surface area contributed by atoms with Crippen LogP contribution in [0.1, 0.15) is 11.1 Å². The lowest BCUT2D eigenvalue weighted by atomic mass is 10.1. The maximum Gasteiger partial charge on any atom is 0.314 e. The summed E-state index contributed by atoms with van der Waals surface area (Å²) in [5.74, 6) is 1.68. The van der Waals surface area contributed by atoms with E-state index in [4.69, 9.17) is 9.47 Å². The molecule has 0 radical (unpaired) electrons. The number of hydrogen-bond donors (Lipinski definition) is 2. The normalized spacial score (nSPS) is 10.1. The van der Waals surface area contributed by atoms with E-state index in [0.717, 1.165) is 29.0 Å². The Balaban J connectivity index is 1.58. The van der Waals surface area contributed by atoms with Gasteiger partial charge >= 0.3 is 6.03 Å². The zero-order valence-electron chi connectivity index (χ0n) is 14.2. The van der Waals surface area contributed by atoms with Gasteiger partial charge in [0, 0.05) is 6.54 Å². The van der Waals surface area contributed by atoms with Crippen molar-refractivity contribution in [1.29, 1.82) is 0 Å². The number of rotatable bonds is 8. The number of benzene rings is 2. The first-order valence-corrected chi connectivity index (χ1v) is 8.02. The molecule has 0 unspecified atom stereocenters. The summed E-state index contributed by atoms with van der Waals surface area (Å²) in [5.41, 5.74) is 2.24. The molecule has 0 fully saturated rings. The first-order chi connectivity index (χ1) is 11.7. The van der Waals surface area contributed by atoms with Gasteiger partial charge in [0.05, 0.1) is 13.7 Å². The van der Waals surface area contributed by atoms with Gasteiger partial charge in [0.2, 0.25) is 0 Å². The van der Waals surface area contributed by atoms with Crippen LogP contribution in [0, 0.1) is 6.92 Å². The van der Waals surface area contributed by atoms with Gasteiger partial charge < -0.3 is 20.1 Å². The lowest BCUT2D eigenvalue weighted by molar-refractivity contribution is 0.236. The number of nitrogens with one attached hydrogen (secondary N) is 2. The molecule has 2 N–H and O–H groups in total. The standard InChI is InChI=1S/C19H24N2O3/c1-15-5-3-4-6-18(15)24-14-13-21-19(22)20-12-11-16-7-9-17(23-2)10-8-16/h3-10H,11-14H2,1-2H3,(H2,20,21,22). The third-order valence-corrected chi connectivity index (χ3v) is 3.60. The van der Waals surface area contributed by atoms with Crippen LogP contribution >= 0.6 is 0 Å². The van der Waals surface area contributed by atoms with Crippen molar-refractivity contribution in [2.45, 2.75) is 13.3 Å². The van der Waals surface area contributed by atoms with Crippen LogP contribution in [0.5, 0.6) is 11.5 Å². The molecular weight excluding hydrogens is 304 g/mol. The van der Waals surface area contributed by atoms with E-state index in [9.17, 15) is 4.79 Å².